The molecule has 1 aromatic carbocycles. The lowest BCUT2D eigenvalue weighted by molar-refractivity contribution is -0.154. The lowest BCUT2D eigenvalue weighted by Crippen LogP contribution is -2.40. The second-order valence-corrected chi connectivity index (χ2v) is 4.34. The summed E-state index contributed by atoms with van der Waals surface area (Å²) in [6.45, 7) is 5.17. The van der Waals surface area contributed by atoms with Gasteiger partial charge in [-0.3, -0.25) is 0 Å². The fraction of sp³-hybridized carbons (Fsp3) is 0.417. The van der Waals surface area contributed by atoms with Crippen molar-refractivity contribution in [1.29, 1.82) is 0 Å². The Bertz CT molecular complexity index is 403. The quantitative estimate of drug-likeness (QED) is 0.881. The lowest BCUT2D eigenvalue weighted by atomic mass is 10.0. The van der Waals surface area contributed by atoms with Crippen molar-refractivity contribution in [2.45, 2.75) is 32.8 Å². The summed E-state index contributed by atoms with van der Waals surface area (Å²) in [6, 6.07) is 5.12. The molecule has 1 N–H and O–H groups in total. The molecule has 0 aliphatic heterocycles. The molecule has 0 saturated carbocycles. The van der Waals surface area contributed by atoms with Gasteiger partial charge >= 0.3 is 5.97 Å². The summed E-state index contributed by atoms with van der Waals surface area (Å²) < 4.78 is 5.54. The van der Waals surface area contributed by atoms with Crippen molar-refractivity contribution in [2.75, 3.05) is 0 Å². The number of aryl methyl sites for hydroxylation is 1. The van der Waals surface area contributed by atoms with Crippen molar-refractivity contribution < 1.29 is 14.6 Å². The molecule has 88 valence electrons. The number of hydrogen-bond acceptors (Lipinski definition) is 2. The summed E-state index contributed by atoms with van der Waals surface area (Å²) in [5.41, 5.74) is -0.369. The number of aliphatic carboxylic acids is 1. The standard InChI is InChI=1S/C12H15ClO3/c1-4-12(3,11(14)15)16-10-6-5-9(13)7-8(10)2/h5-7H,4H2,1-3H3,(H,14,15). The van der Waals surface area contributed by atoms with Crippen LogP contribution in [0.2, 0.25) is 5.02 Å². The van der Waals surface area contributed by atoms with E-state index in [1.807, 2.05) is 6.92 Å². The van der Waals surface area contributed by atoms with Crippen LogP contribution in [0.1, 0.15) is 25.8 Å². The molecular weight excluding hydrogens is 228 g/mol. The minimum absolute atomic E-state index is 0.393. The zero-order valence-corrected chi connectivity index (χ0v) is 10.3. The number of carboxylic acid groups (broad SMARTS) is 1. The second-order valence-electron chi connectivity index (χ2n) is 3.90. The third-order valence-electron chi connectivity index (χ3n) is 2.60. The molecule has 0 bridgehead atoms. The number of halogens is 1. The van der Waals surface area contributed by atoms with Crippen LogP contribution in [0.15, 0.2) is 18.2 Å². The Balaban J connectivity index is 2.99. The molecule has 16 heavy (non-hydrogen) atoms. The maximum atomic E-state index is 11.1. The number of carbonyl (C=O) groups is 1. The van der Waals surface area contributed by atoms with Crippen molar-refractivity contribution >= 4 is 17.6 Å². The first kappa shape index (κ1) is 12.8. The van der Waals surface area contributed by atoms with Gasteiger partial charge in [0.1, 0.15) is 5.75 Å². The first-order valence-corrected chi connectivity index (χ1v) is 5.45. The largest absolute Gasteiger partial charge is 0.478 e. The van der Waals surface area contributed by atoms with Gasteiger partial charge in [0.2, 0.25) is 5.60 Å². The van der Waals surface area contributed by atoms with Crippen molar-refractivity contribution in [3.63, 3.8) is 0 Å². The molecule has 0 aromatic heterocycles. The van der Waals surface area contributed by atoms with Gasteiger partial charge in [-0.2, -0.15) is 0 Å². The average molecular weight is 243 g/mol. The third-order valence-corrected chi connectivity index (χ3v) is 2.83. The highest BCUT2D eigenvalue weighted by atomic mass is 35.5. The normalized spacial score (nSPS) is 14.2. The number of rotatable bonds is 4. The van der Waals surface area contributed by atoms with E-state index < -0.39 is 11.6 Å². The van der Waals surface area contributed by atoms with E-state index in [-0.39, 0.29) is 0 Å². The predicted octanol–water partition coefficient (Wildman–Crippen LogP) is 3.28. The van der Waals surface area contributed by atoms with Crippen LogP contribution < -0.4 is 4.74 Å². The van der Waals surface area contributed by atoms with Crippen molar-refractivity contribution in [3.05, 3.63) is 28.8 Å². The molecule has 0 aliphatic carbocycles. The summed E-state index contributed by atoms with van der Waals surface area (Å²) in [4.78, 5) is 11.1. The first-order valence-electron chi connectivity index (χ1n) is 5.07. The molecule has 0 amide bonds. The van der Waals surface area contributed by atoms with E-state index in [1.165, 1.54) is 0 Å². The van der Waals surface area contributed by atoms with Gasteiger partial charge in [-0.25, -0.2) is 4.79 Å². The van der Waals surface area contributed by atoms with Crippen LogP contribution in [0.4, 0.5) is 0 Å². The summed E-state index contributed by atoms with van der Waals surface area (Å²) >= 11 is 5.81. The average Bonchev–Trinajstić information content (AvgIpc) is 2.22. The maximum Gasteiger partial charge on any atom is 0.347 e. The zero-order valence-electron chi connectivity index (χ0n) is 9.58. The van der Waals surface area contributed by atoms with Crippen LogP contribution in [0.3, 0.4) is 0 Å². The topological polar surface area (TPSA) is 46.5 Å². The smallest absolute Gasteiger partial charge is 0.347 e. The van der Waals surface area contributed by atoms with Gasteiger partial charge in [0.25, 0.3) is 0 Å². The summed E-state index contributed by atoms with van der Waals surface area (Å²) in [7, 11) is 0. The molecule has 1 atom stereocenters. The first-order chi connectivity index (χ1) is 7.39. The third kappa shape index (κ3) is 2.67. The minimum Gasteiger partial charge on any atom is -0.478 e. The molecule has 0 heterocycles. The molecule has 0 aliphatic rings. The van der Waals surface area contributed by atoms with Crippen LogP contribution in [-0.2, 0) is 4.79 Å². The monoisotopic (exact) mass is 242 g/mol. The van der Waals surface area contributed by atoms with E-state index in [1.54, 1.807) is 32.0 Å². The number of benzene rings is 1. The fourth-order valence-electron chi connectivity index (χ4n) is 1.24. The highest BCUT2D eigenvalue weighted by Crippen LogP contribution is 2.27. The maximum absolute atomic E-state index is 11.1. The second kappa shape index (κ2) is 4.74. The molecule has 0 fully saturated rings. The minimum atomic E-state index is -1.20. The van der Waals surface area contributed by atoms with E-state index >= 15 is 0 Å². The predicted molar refractivity (Wildman–Crippen MR) is 63.1 cm³/mol. The molecule has 1 unspecified atom stereocenters. The van der Waals surface area contributed by atoms with E-state index in [9.17, 15) is 4.79 Å². The van der Waals surface area contributed by atoms with Crippen molar-refractivity contribution in [1.82, 2.24) is 0 Å². The van der Waals surface area contributed by atoms with E-state index in [0.29, 0.717) is 17.2 Å². The molecular formula is C12H15ClO3. The van der Waals surface area contributed by atoms with Crippen LogP contribution >= 0.6 is 11.6 Å². The van der Waals surface area contributed by atoms with Crippen LogP contribution in [0.25, 0.3) is 0 Å². The van der Waals surface area contributed by atoms with E-state index in [4.69, 9.17) is 21.4 Å². The van der Waals surface area contributed by atoms with Gasteiger partial charge in [-0.05, 0) is 44.0 Å². The van der Waals surface area contributed by atoms with Crippen LogP contribution in [-0.4, -0.2) is 16.7 Å². The Morgan fingerprint density at radius 1 is 1.56 bits per heavy atom. The number of ether oxygens (including phenoxy) is 1. The Morgan fingerprint density at radius 2 is 2.19 bits per heavy atom. The molecule has 3 nitrogen and oxygen atoms in total. The summed E-state index contributed by atoms with van der Waals surface area (Å²) in [5, 5.41) is 9.70. The zero-order chi connectivity index (χ0) is 12.3. The van der Waals surface area contributed by atoms with Gasteiger partial charge in [-0.1, -0.05) is 18.5 Å². The van der Waals surface area contributed by atoms with Crippen molar-refractivity contribution in [2.24, 2.45) is 0 Å². The van der Waals surface area contributed by atoms with Gasteiger partial charge in [0, 0.05) is 5.02 Å². The molecule has 4 heteroatoms. The van der Waals surface area contributed by atoms with Gasteiger partial charge in [0.05, 0.1) is 0 Å². The van der Waals surface area contributed by atoms with E-state index in [0.717, 1.165) is 5.56 Å². The Kier molecular flexibility index (Phi) is 3.81. The highest BCUT2D eigenvalue weighted by Gasteiger charge is 2.33. The molecule has 0 radical (unpaired) electrons. The molecule has 0 saturated heterocycles. The SMILES string of the molecule is CCC(C)(Oc1ccc(Cl)cc1C)C(=O)O. The Hall–Kier alpha value is -1.22. The molecule has 1 aromatic rings. The van der Waals surface area contributed by atoms with Gasteiger partial charge in [0.15, 0.2) is 0 Å². The van der Waals surface area contributed by atoms with Gasteiger partial charge in [-0.15, -0.1) is 0 Å². The number of carboxylic acids is 1. The molecule has 1 rings (SSSR count). The highest BCUT2D eigenvalue weighted by molar-refractivity contribution is 6.30. The van der Waals surface area contributed by atoms with Crippen LogP contribution in [0, 0.1) is 6.92 Å². The van der Waals surface area contributed by atoms with Crippen LogP contribution in [0.5, 0.6) is 5.75 Å². The summed E-state index contributed by atoms with van der Waals surface area (Å²) in [5.74, 6) is -0.416. The Morgan fingerprint density at radius 3 is 2.62 bits per heavy atom. The summed E-state index contributed by atoms with van der Waals surface area (Å²) in [6.07, 6.45) is 0.393. The lowest BCUT2D eigenvalue weighted by Gasteiger charge is -2.25. The van der Waals surface area contributed by atoms with E-state index in [2.05, 4.69) is 0 Å². The van der Waals surface area contributed by atoms with Gasteiger partial charge < -0.3 is 9.84 Å². The van der Waals surface area contributed by atoms with Crippen molar-refractivity contribution in [3.8, 4) is 5.75 Å². The number of hydrogen-bond donors (Lipinski definition) is 1. The Labute approximate surface area is 100.0 Å². The molecule has 0 spiro atoms. The fourth-order valence-corrected chi connectivity index (χ4v) is 1.46.